The Bertz CT molecular complexity index is 735. The molecular formula is C18H23N5S. The number of piperazine rings is 1. The molecule has 0 radical (unpaired) electrons. The SMILES string of the molecule is CC1=CN2C=C(c3cccs3)N=C(N3CCN(C)CC3)C2=NC1C. The van der Waals surface area contributed by atoms with Crippen molar-refractivity contribution >= 4 is 28.7 Å². The molecule has 1 atom stereocenters. The van der Waals surface area contributed by atoms with E-state index in [-0.39, 0.29) is 6.04 Å². The summed E-state index contributed by atoms with van der Waals surface area (Å²) in [7, 11) is 2.18. The maximum atomic E-state index is 5.01. The molecule has 0 saturated carbocycles. The van der Waals surface area contributed by atoms with Gasteiger partial charge in [0.2, 0.25) is 0 Å². The van der Waals surface area contributed by atoms with E-state index in [1.165, 1.54) is 10.5 Å². The number of fused-ring (bicyclic) bond motifs is 1. The summed E-state index contributed by atoms with van der Waals surface area (Å²) in [4.78, 5) is 18.0. The van der Waals surface area contributed by atoms with Crippen LogP contribution < -0.4 is 0 Å². The van der Waals surface area contributed by atoms with Gasteiger partial charge >= 0.3 is 0 Å². The zero-order chi connectivity index (χ0) is 16.7. The van der Waals surface area contributed by atoms with Gasteiger partial charge in [0.05, 0.1) is 16.6 Å². The lowest BCUT2D eigenvalue weighted by molar-refractivity contribution is 0.216. The molecule has 1 fully saturated rings. The third-order valence-electron chi connectivity index (χ3n) is 4.83. The molecule has 3 aliphatic rings. The first-order chi connectivity index (χ1) is 11.6. The van der Waals surface area contributed by atoms with Gasteiger partial charge in [-0.3, -0.25) is 4.99 Å². The summed E-state index contributed by atoms with van der Waals surface area (Å²) >= 11 is 1.73. The van der Waals surface area contributed by atoms with Crippen LogP contribution in [0.4, 0.5) is 0 Å². The first-order valence-corrected chi connectivity index (χ1v) is 9.32. The number of hydrogen-bond donors (Lipinski definition) is 0. The fourth-order valence-electron chi connectivity index (χ4n) is 3.11. The van der Waals surface area contributed by atoms with Gasteiger partial charge in [0.1, 0.15) is 0 Å². The minimum Gasteiger partial charge on any atom is -0.351 e. The van der Waals surface area contributed by atoms with Gasteiger partial charge in [0.15, 0.2) is 11.7 Å². The third-order valence-corrected chi connectivity index (χ3v) is 5.72. The fraction of sp³-hybridized carbons (Fsp3) is 0.444. The van der Waals surface area contributed by atoms with Gasteiger partial charge in [-0.05, 0) is 37.9 Å². The number of amidine groups is 2. The summed E-state index contributed by atoms with van der Waals surface area (Å²) in [6.45, 7) is 8.42. The first-order valence-electron chi connectivity index (χ1n) is 8.44. The van der Waals surface area contributed by atoms with E-state index in [0.29, 0.717) is 0 Å². The topological polar surface area (TPSA) is 34.4 Å². The first kappa shape index (κ1) is 15.6. The van der Waals surface area contributed by atoms with Gasteiger partial charge in [-0.15, -0.1) is 11.3 Å². The van der Waals surface area contributed by atoms with Gasteiger partial charge in [0, 0.05) is 38.6 Å². The number of aliphatic imine (C=N–C) groups is 2. The Morgan fingerprint density at radius 2 is 1.92 bits per heavy atom. The van der Waals surface area contributed by atoms with Crippen LogP contribution in [0.15, 0.2) is 45.5 Å². The average molecular weight is 341 g/mol. The molecule has 0 spiro atoms. The van der Waals surface area contributed by atoms with E-state index >= 15 is 0 Å². The van der Waals surface area contributed by atoms with Gasteiger partial charge in [0.25, 0.3) is 0 Å². The van der Waals surface area contributed by atoms with Crippen molar-refractivity contribution in [2.75, 3.05) is 33.2 Å². The quantitative estimate of drug-likeness (QED) is 0.788. The number of thiophene rings is 1. The van der Waals surface area contributed by atoms with E-state index in [2.05, 4.69) is 65.5 Å². The van der Waals surface area contributed by atoms with Crippen molar-refractivity contribution in [1.29, 1.82) is 0 Å². The molecule has 1 saturated heterocycles. The van der Waals surface area contributed by atoms with E-state index in [1.807, 2.05) is 0 Å². The second kappa shape index (κ2) is 6.18. The van der Waals surface area contributed by atoms with Crippen molar-refractivity contribution in [3.05, 3.63) is 40.4 Å². The molecule has 1 aromatic rings. The van der Waals surface area contributed by atoms with Gasteiger partial charge in [-0.2, -0.15) is 0 Å². The Labute approximate surface area is 147 Å². The van der Waals surface area contributed by atoms with E-state index in [0.717, 1.165) is 43.5 Å². The summed E-state index contributed by atoms with van der Waals surface area (Å²) in [6, 6.07) is 4.42. The molecular weight excluding hydrogens is 318 g/mol. The molecule has 6 heteroatoms. The minimum absolute atomic E-state index is 0.214. The number of likely N-dealkylation sites (N-methyl/N-ethyl adjacent to an activating group) is 1. The standard InChI is InChI=1S/C18H23N5S/c1-13-11-23-12-15(16-5-4-10-24-16)20-18(17(23)19-14(13)2)22-8-6-21(3)7-9-22/h4-5,10-12,14H,6-9H2,1-3H3. The highest BCUT2D eigenvalue weighted by atomic mass is 32.1. The van der Waals surface area contributed by atoms with Gasteiger partial charge < -0.3 is 14.7 Å². The zero-order valence-electron chi connectivity index (χ0n) is 14.4. The molecule has 5 nitrogen and oxygen atoms in total. The Balaban J connectivity index is 1.73. The Hall–Kier alpha value is -1.92. The largest absolute Gasteiger partial charge is 0.351 e. The second-order valence-electron chi connectivity index (χ2n) is 6.63. The minimum atomic E-state index is 0.214. The van der Waals surface area contributed by atoms with Crippen molar-refractivity contribution in [3.8, 4) is 0 Å². The highest BCUT2D eigenvalue weighted by Gasteiger charge is 2.30. The second-order valence-corrected chi connectivity index (χ2v) is 7.57. The Kier molecular flexibility index (Phi) is 4.02. The lowest BCUT2D eigenvalue weighted by Crippen LogP contribution is -2.52. The van der Waals surface area contributed by atoms with Crippen molar-refractivity contribution < 1.29 is 0 Å². The number of nitrogens with zero attached hydrogens (tertiary/aromatic N) is 5. The van der Waals surface area contributed by atoms with Crippen molar-refractivity contribution in [2.45, 2.75) is 19.9 Å². The molecule has 0 N–H and O–H groups in total. The lowest BCUT2D eigenvalue weighted by atomic mass is 10.1. The third kappa shape index (κ3) is 2.80. The molecule has 0 aliphatic carbocycles. The van der Waals surface area contributed by atoms with E-state index in [9.17, 15) is 0 Å². The van der Waals surface area contributed by atoms with Crippen LogP contribution in [0.25, 0.3) is 5.70 Å². The summed E-state index contributed by atoms with van der Waals surface area (Å²) in [5.74, 6) is 2.00. The van der Waals surface area contributed by atoms with E-state index in [1.54, 1.807) is 11.3 Å². The van der Waals surface area contributed by atoms with Crippen LogP contribution in [0.5, 0.6) is 0 Å². The summed E-state index contributed by atoms with van der Waals surface area (Å²) in [5.41, 5.74) is 2.30. The van der Waals surface area contributed by atoms with Gasteiger partial charge in [-0.25, -0.2) is 4.99 Å². The number of hydrogen-bond acceptors (Lipinski definition) is 6. The average Bonchev–Trinajstić information content (AvgIpc) is 3.10. The monoisotopic (exact) mass is 341 g/mol. The maximum absolute atomic E-state index is 5.01. The molecule has 1 unspecified atom stereocenters. The van der Waals surface area contributed by atoms with Crippen molar-refractivity contribution in [3.63, 3.8) is 0 Å². The fourth-order valence-corrected chi connectivity index (χ4v) is 3.79. The molecule has 0 bridgehead atoms. The molecule has 24 heavy (non-hydrogen) atoms. The van der Waals surface area contributed by atoms with Crippen LogP contribution >= 0.6 is 11.3 Å². The van der Waals surface area contributed by atoms with Crippen molar-refractivity contribution in [2.24, 2.45) is 9.98 Å². The zero-order valence-corrected chi connectivity index (χ0v) is 15.3. The Morgan fingerprint density at radius 1 is 1.12 bits per heavy atom. The molecule has 126 valence electrons. The maximum Gasteiger partial charge on any atom is 0.176 e. The normalized spacial score (nSPS) is 24.9. The Morgan fingerprint density at radius 3 is 2.62 bits per heavy atom. The molecule has 3 aliphatic heterocycles. The van der Waals surface area contributed by atoms with Crippen LogP contribution in [0.2, 0.25) is 0 Å². The van der Waals surface area contributed by atoms with Crippen LogP contribution in [0.1, 0.15) is 18.7 Å². The van der Waals surface area contributed by atoms with Crippen LogP contribution in [-0.2, 0) is 0 Å². The number of rotatable bonds is 1. The molecule has 0 aromatic carbocycles. The molecule has 4 rings (SSSR count). The predicted octanol–water partition coefficient (Wildman–Crippen LogP) is 2.71. The van der Waals surface area contributed by atoms with Gasteiger partial charge in [-0.1, -0.05) is 6.07 Å². The highest BCUT2D eigenvalue weighted by molar-refractivity contribution is 7.11. The van der Waals surface area contributed by atoms with E-state index in [4.69, 9.17) is 9.98 Å². The summed E-state index contributed by atoms with van der Waals surface area (Å²) in [6.07, 6.45) is 4.31. The van der Waals surface area contributed by atoms with Crippen LogP contribution in [0.3, 0.4) is 0 Å². The summed E-state index contributed by atoms with van der Waals surface area (Å²) in [5, 5.41) is 2.10. The summed E-state index contributed by atoms with van der Waals surface area (Å²) < 4.78 is 0. The van der Waals surface area contributed by atoms with Crippen LogP contribution in [0, 0.1) is 0 Å². The van der Waals surface area contributed by atoms with E-state index < -0.39 is 0 Å². The van der Waals surface area contributed by atoms with Crippen LogP contribution in [-0.4, -0.2) is 65.6 Å². The molecule has 1 aromatic heterocycles. The molecule has 0 amide bonds. The highest BCUT2D eigenvalue weighted by Crippen LogP contribution is 2.29. The smallest absolute Gasteiger partial charge is 0.176 e. The lowest BCUT2D eigenvalue weighted by Gasteiger charge is -2.39. The predicted molar refractivity (Wildman–Crippen MR) is 101 cm³/mol. The molecule has 4 heterocycles. The van der Waals surface area contributed by atoms with Crippen molar-refractivity contribution in [1.82, 2.24) is 14.7 Å².